The minimum absolute atomic E-state index is 0.434. The molecule has 1 fully saturated rings. The smallest absolute Gasteiger partial charge is 0.318 e. The van der Waals surface area contributed by atoms with Crippen LogP contribution in [-0.2, 0) is 13.0 Å². The topological polar surface area (TPSA) is 53.5 Å². The van der Waals surface area contributed by atoms with Crippen molar-refractivity contribution in [2.24, 2.45) is 5.92 Å². The molecule has 1 N–H and O–H groups in total. The second-order valence-corrected chi connectivity index (χ2v) is 8.89. The van der Waals surface area contributed by atoms with Crippen LogP contribution in [0.3, 0.4) is 0 Å². The van der Waals surface area contributed by atoms with Crippen LogP contribution in [0.2, 0.25) is 5.02 Å². The number of hydrogen-bond acceptors (Lipinski definition) is 6. The maximum absolute atomic E-state index is 6.59. The van der Waals surface area contributed by atoms with E-state index in [1.165, 1.54) is 12.0 Å². The molecule has 0 spiro atoms. The Morgan fingerprint density at radius 1 is 1.19 bits per heavy atom. The zero-order valence-corrected chi connectivity index (χ0v) is 18.8. The molecule has 6 nitrogen and oxygen atoms in total. The van der Waals surface area contributed by atoms with E-state index in [0.717, 1.165) is 71.5 Å². The zero-order chi connectivity index (χ0) is 21.4. The Morgan fingerprint density at radius 3 is 2.74 bits per heavy atom. The summed E-state index contributed by atoms with van der Waals surface area (Å²) in [7, 11) is 3.77. The van der Waals surface area contributed by atoms with Gasteiger partial charge in [-0.3, -0.25) is 0 Å². The highest BCUT2D eigenvalue weighted by Crippen LogP contribution is 2.36. The molecular formula is C24H28ClN5O. The molecule has 1 saturated heterocycles. The van der Waals surface area contributed by atoms with Gasteiger partial charge in [-0.1, -0.05) is 35.9 Å². The normalized spacial score (nSPS) is 16.2. The van der Waals surface area contributed by atoms with Crippen LogP contribution in [-0.4, -0.2) is 50.3 Å². The Labute approximate surface area is 188 Å². The Bertz CT molecular complexity index is 1100. The van der Waals surface area contributed by atoms with Crippen LogP contribution in [0.15, 0.2) is 36.4 Å². The number of benzene rings is 2. The molecule has 162 valence electrons. The van der Waals surface area contributed by atoms with Gasteiger partial charge in [0.15, 0.2) is 0 Å². The lowest BCUT2D eigenvalue weighted by atomic mass is 9.99. The first-order valence-corrected chi connectivity index (χ1v) is 11.3. The average Bonchev–Trinajstić information content (AvgIpc) is 2.76. The second kappa shape index (κ2) is 8.52. The van der Waals surface area contributed by atoms with Gasteiger partial charge in [0, 0.05) is 36.8 Å². The number of nitrogens with zero attached hydrogens (tertiary/aromatic N) is 4. The summed E-state index contributed by atoms with van der Waals surface area (Å²) >= 11 is 6.59. The highest BCUT2D eigenvalue weighted by Gasteiger charge is 2.26. The number of ether oxygens (including phenoxy) is 1. The van der Waals surface area contributed by atoms with Crippen molar-refractivity contribution >= 4 is 33.9 Å². The SMILES string of the molecule is COc1nc2c(c(N(C)CCC3CNC3)n1)CCN(c1cccc3cccc(Cl)c13)C2. The number of fused-ring (bicyclic) bond motifs is 2. The third kappa shape index (κ3) is 3.90. The van der Waals surface area contributed by atoms with Gasteiger partial charge in [-0.2, -0.15) is 9.97 Å². The first-order valence-electron chi connectivity index (χ1n) is 10.9. The lowest BCUT2D eigenvalue weighted by Gasteiger charge is -2.34. The Morgan fingerprint density at radius 2 is 2.00 bits per heavy atom. The van der Waals surface area contributed by atoms with Gasteiger partial charge in [-0.05, 0) is 49.4 Å². The molecule has 0 unspecified atom stereocenters. The molecule has 0 aliphatic carbocycles. The van der Waals surface area contributed by atoms with Crippen molar-refractivity contribution < 1.29 is 4.74 Å². The summed E-state index contributed by atoms with van der Waals surface area (Å²) in [5.74, 6) is 1.78. The maximum Gasteiger partial charge on any atom is 0.318 e. The van der Waals surface area contributed by atoms with Crippen molar-refractivity contribution in [3.8, 4) is 6.01 Å². The minimum Gasteiger partial charge on any atom is -0.467 e. The van der Waals surface area contributed by atoms with Crippen LogP contribution >= 0.6 is 11.6 Å². The van der Waals surface area contributed by atoms with Gasteiger partial charge in [-0.25, -0.2) is 0 Å². The molecule has 5 rings (SSSR count). The fourth-order valence-corrected chi connectivity index (χ4v) is 4.85. The van der Waals surface area contributed by atoms with E-state index in [-0.39, 0.29) is 0 Å². The molecule has 1 aromatic heterocycles. The average molecular weight is 438 g/mol. The van der Waals surface area contributed by atoms with Gasteiger partial charge in [0.2, 0.25) is 0 Å². The fraction of sp³-hybridized carbons (Fsp3) is 0.417. The van der Waals surface area contributed by atoms with E-state index < -0.39 is 0 Å². The van der Waals surface area contributed by atoms with Gasteiger partial charge in [-0.15, -0.1) is 0 Å². The molecule has 31 heavy (non-hydrogen) atoms. The summed E-state index contributed by atoms with van der Waals surface area (Å²) in [6.07, 6.45) is 2.07. The quantitative estimate of drug-likeness (QED) is 0.631. The monoisotopic (exact) mass is 437 g/mol. The molecule has 0 amide bonds. The van der Waals surface area contributed by atoms with Crippen molar-refractivity contribution in [1.29, 1.82) is 0 Å². The molecule has 3 aromatic rings. The number of aromatic nitrogens is 2. The van der Waals surface area contributed by atoms with Gasteiger partial charge >= 0.3 is 6.01 Å². The first-order chi connectivity index (χ1) is 15.1. The van der Waals surface area contributed by atoms with E-state index in [0.29, 0.717) is 12.6 Å². The molecule has 0 saturated carbocycles. The summed E-state index contributed by atoms with van der Waals surface area (Å²) in [6, 6.07) is 12.9. The molecule has 2 aliphatic heterocycles. The molecule has 0 radical (unpaired) electrons. The van der Waals surface area contributed by atoms with Crippen molar-refractivity contribution in [3.05, 3.63) is 52.7 Å². The molecule has 0 atom stereocenters. The van der Waals surface area contributed by atoms with E-state index in [9.17, 15) is 0 Å². The van der Waals surface area contributed by atoms with Crippen LogP contribution < -0.4 is 19.9 Å². The third-order valence-electron chi connectivity index (χ3n) is 6.48. The van der Waals surface area contributed by atoms with Crippen molar-refractivity contribution in [3.63, 3.8) is 0 Å². The highest BCUT2D eigenvalue weighted by molar-refractivity contribution is 6.36. The fourth-order valence-electron chi connectivity index (χ4n) is 4.58. The van der Waals surface area contributed by atoms with Crippen molar-refractivity contribution in [2.75, 3.05) is 50.1 Å². The number of hydrogen-bond donors (Lipinski definition) is 1. The van der Waals surface area contributed by atoms with Gasteiger partial charge in [0.25, 0.3) is 0 Å². The second-order valence-electron chi connectivity index (χ2n) is 8.48. The molecule has 3 heterocycles. The lowest BCUT2D eigenvalue weighted by Crippen LogP contribution is -2.43. The predicted molar refractivity (Wildman–Crippen MR) is 127 cm³/mol. The number of nitrogens with one attached hydrogen (secondary N) is 1. The van der Waals surface area contributed by atoms with Gasteiger partial charge in [0.1, 0.15) is 5.82 Å². The molecule has 2 aliphatic rings. The largest absolute Gasteiger partial charge is 0.467 e. The van der Waals surface area contributed by atoms with E-state index >= 15 is 0 Å². The van der Waals surface area contributed by atoms with Gasteiger partial charge < -0.3 is 19.9 Å². The standard InChI is InChI=1S/C24H28ClN5O/c1-29(11-9-16-13-26-14-16)23-18-10-12-30(15-20(18)27-24(28-23)31-2)21-8-4-6-17-5-3-7-19(25)22(17)21/h3-8,16,26H,9-15H2,1-2H3. The van der Waals surface area contributed by atoms with E-state index in [1.807, 2.05) is 12.1 Å². The highest BCUT2D eigenvalue weighted by atomic mass is 35.5. The Balaban J connectivity index is 1.46. The zero-order valence-electron chi connectivity index (χ0n) is 18.1. The molecule has 0 bridgehead atoms. The number of methoxy groups -OCH3 is 1. The van der Waals surface area contributed by atoms with E-state index in [1.54, 1.807) is 7.11 Å². The van der Waals surface area contributed by atoms with Crippen LogP contribution in [0, 0.1) is 5.92 Å². The minimum atomic E-state index is 0.434. The van der Waals surface area contributed by atoms with Crippen molar-refractivity contribution in [2.45, 2.75) is 19.4 Å². The van der Waals surface area contributed by atoms with Gasteiger partial charge in [0.05, 0.1) is 24.4 Å². The summed E-state index contributed by atoms with van der Waals surface area (Å²) in [4.78, 5) is 14.1. The summed E-state index contributed by atoms with van der Waals surface area (Å²) in [5.41, 5.74) is 3.42. The van der Waals surface area contributed by atoms with Crippen LogP contribution in [0.25, 0.3) is 10.8 Å². The number of rotatable bonds is 6. The summed E-state index contributed by atoms with van der Waals surface area (Å²) < 4.78 is 5.46. The number of anilines is 2. The van der Waals surface area contributed by atoms with Crippen molar-refractivity contribution in [1.82, 2.24) is 15.3 Å². The molecule has 7 heteroatoms. The lowest BCUT2D eigenvalue weighted by molar-refractivity contribution is 0.329. The first kappa shape index (κ1) is 20.3. The van der Waals surface area contributed by atoms with Crippen LogP contribution in [0.1, 0.15) is 17.7 Å². The predicted octanol–water partition coefficient (Wildman–Crippen LogP) is 3.90. The van der Waals surface area contributed by atoms with Crippen LogP contribution in [0.4, 0.5) is 11.5 Å². The van der Waals surface area contributed by atoms with E-state index in [4.69, 9.17) is 26.3 Å². The molecule has 2 aromatic carbocycles. The number of halogens is 1. The third-order valence-corrected chi connectivity index (χ3v) is 6.79. The Hall–Kier alpha value is -2.57. The summed E-state index contributed by atoms with van der Waals surface area (Å²) in [6.45, 7) is 4.86. The molecular weight excluding hydrogens is 410 g/mol. The summed E-state index contributed by atoms with van der Waals surface area (Å²) in [5, 5.41) is 6.39. The van der Waals surface area contributed by atoms with Crippen LogP contribution in [0.5, 0.6) is 6.01 Å². The maximum atomic E-state index is 6.59. The van der Waals surface area contributed by atoms with E-state index in [2.05, 4.69) is 46.4 Å². The Kier molecular flexibility index (Phi) is 5.59.